The van der Waals surface area contributed by atoms with Gasteiger partial charge >= 0.3 is 0 Å². The molecular weight excluding hydrogens is 255 g/mol. The van der Waals surface area contributed by atoms with Gasteiger partial charge < -0.3 is 9.84 Å². The molecule has 0 aliphatic carbocycles. The summed E-state index contributed by atoms with van der Waals surface area (Å²) in [5.41, 5.74) is 0.804. The highest BCUT2D eigenvalue weighted by Crippen LogP contribution is 2.51. The number of fused-ring (bicyclic) bond motifs is 1. The van der Waals surface area contributed by atoms with Gasteiger partial charge in [-0.2, -0.15) is 0 Å². The van der Waals surface area contributed by atoms with Gasteiger partial charge in [0.05, 0.1) is 18.2 Å². The van der Waals surface area contributed by atoms with Gasteiger partial charge in [0.15, 0.2) is 0 Å². The largest absolute Gasteiger partial charge is 0.495 e. The lowest BCUT2D eigenvalue weighted by atomic mass is 10.1. The van der Waals surface area contributed by atoms with Gasteiger partial charge in [-0.1, -0.05) is 30.1 Å². The molecule has 0 amide bonds. The molecule has 0 radical (unpaired) electrons. The van der Waals surface area contributed by atoms with Crippen LogP contribution in [0.5, 0.6) is 5.75 Å². The molecule has 1 aliphatic rings. The van der Waals surface area contributed by atoms with Gasteiger partial charge in [-0.3, -0.25) is 0 Å². The molecule has 0 bridgehead atoms. The van der Waals surface area contributed by atoms with Gasteiger partial charge in [-0.15, -0.1) is 11.8 Å². The summed E-state index contributed by atoms with van der Waals surface area (Å²) in [7, 11) is 1.53. The highest BCUT2D eigenvalue weighted by atomic mass is 35.5. The predicted octanol–water partition coefficient (Wildman–Crippen LogP) is 3.53. The van der Waals surface area contributed by atoms with Crippen LogP contribution >= 0.6 is 35.0 Å². The normalized spacial score (nSPS) is 24.1. The van der Waals surface area contributed by atoms with E-state index in [1.807, 2.05) is 6.92 Å². The highest BCUT2D eigenvalue weighted by Gasteiger charge is 2.32. The number of hydrogen-bond acceptors (Lipinski definition) is 3. The van der Waals surface area contributed by atoms with Crippen molar-refractivity contribution in [3.63, 3.8) is 0 Å². The van der Waals surface area contributed by atoms with E-state index in [1.165, 1.54) is 18.9 Å². The van der Waals surface area contributed by atoms with E-state index in [0.717, 1.165) is 10.5 Å². The van der Waals surface area contributed by atoms with Crippen LogP contribution in [0.2, 0.25) is 10.0 Å². The maximum atomic E-state index is 9.91. The SMILES string of the molecule is COc1cc2c(c(Cl)c1Cl)SC(C)C2O. The van der Waals surface area contributed by atoms with Crippen LogP contribution in [0.4, 0.5) is 0 Å². The number of benzene rings is 1. The molecule has 82 valence electrons. The molecule has 0 fully saturated rings. The average molecular weight is 265 g/mol. The number of aliphatic hydroxyl groups excluding tert-OH is 1. The van der Waals surface area contributed by atoms with Gasteiger partial charge in [0.2, 0.25) is 0 Å². The Kier molecular flexibility index (Phi) is 3.08. The Morgan fingerprint density at radius 3 is 2.67 bits per heavy atom. The zero-order chi connectivity index (χ0) is 11.2. The first-order valence-corrected chi connectivity index (χ1v) is 6.10. The Morgan fingerprint density at radius 1 is 1.40 bits per heavy atom. The number of halogens is 2. The molecule has 5 heteroatoms. The summed E-state index contributed by atoms with van der Waals surface area (Å²) in [6.45, 7) is 1.95. The summed E-state index contributed by atoms with van der Waals surface area (Å²) in [6, 6.07) is 1.75. The van der Waals surface area contributed by atoms with Crippen LogP contribution in [0.15, 0.2) is 11.0 Å². The van der Waals surface area contributed by atoms with E-state index in [1.54, 1.807) is 6.07 Å². The molecule has 1 heterocycles. The third kappa shape index (κ3) is 1.72. The molecule has 15 heavy (non-hydrogen) atoms. The lowest BCUT2D eigenvalue weighted by Crippen LogP contribution is -2.04. The van der Waals surface area contributed by atoms with E-state index >= 15 is 0 Å². The lowest BCUT2D eigenvalue weighted by molar-refractivity contribution is 0.181. The smallest absolute Gasteiger partial charge is 0.139 e. The number of methoxy groups -OCH3 is 1. The molecule has 1 N–H and O–H groups in total. The van der Waals surface area contributed by atoms with Crippen molar-refractivity contribution in [1.29, 1.82) is 0 Å². The molecule has 1 aliphatic heterocycles. The lowest BCUT2D eigenvalue weighted by Gasteiger charge is -2.10. The van der Waals surface area contributed by atoms with Crippen LogP contribution in [0.3, 0.4) is 0 Å². The van der Waals surface area contributed by atoms with E-state index in [4.69, 9.17) is 27.9 Å². The Hall–Kier alpha value is -0.0900. The topological polar surface area (TPSA) is 29.5 Å². The Bertz CT molecular complexity index is 409. The van der Waals surface area contributed by atoms with Crippen molar-refractivity contribution in [1.82, 2.24) is 0 Å². The van der Waals surface area contributed by atoms with Crippen molar-refractivity contribution in [3.8, 4) is 5.75 Å². The van der Waals surface area contributed by atoms with Crippen LogP contribution in [0, 0.1) is 0 Å². The fourth-order valence-electron chi connectivity index (χ4n) is 1.60. The molecule has 0 aromatic heterocycles. The Balaban J connectivity index is 2.61. The van der Waals surface area contributed by atoms with Gasteiger partial charge in [0.25, 0.3) is 0 Å². The van der Waals surface area contributed by atoms with E-state index in [-0.39, 0.29) is 5.25 Å². The number of hydrogen-bond donors (Lipinski definition) is 1. The van der Waals surface area contributed by atoms with Gasteiger partial charge in [0, 0.05) is 15.7 Å². The molecule has 2 rings (SSSR count). The fraction of sp³-hybridized carbons (Fsp3) is 0.400. The molecule has 0 saturated heterocycles. The Labute approximate surface area is 103 Å². The standard InChI is InChI=1S/C10H10Cl2O2S/c1-4-9(13)5-3-6(14-2)7(11)8(12)10(5)15-4/h3-4,9,13H,1-2H3. The van der Waals surface area contributed by atoms with Crippen molar-refractivity contribution >= 4 is 35.0 Å². The number of rotatable bonds is 1. The van der Waals surface area contributed by atoms with Gasteiger partial charge in [-0.25, -0.2) is 0 Å². The van der Waals surface area contributed by atoms with Crippen molar-refractivity contribution < 1.29 is 9.84 Å². The zero-order valence-corrected chi connectivity index (χ0v) is 10.6. The van der Waals surface area contributed by atoms with Crippen molar-refractivity contribution in [2.24, 2.45) is 0 Å². The first kappa shape index (κ1) is 11.4. The number of ether oxygens (including phenoxy) is 1. The van der Waals surface area contributed by atoms with Crippen LogP contribution in [0.25, 0.3) is 0 Å². The fourth-order valence-corrected chi connectivity index (χ4v) is 3.38. The maximum Gasteiger partial charge on any atom is 0.139 e. The van der Waals surface area contributed by atoms with Crippen molar-refractivity contribution in [2.45, 2.75) is 23.2 Å². The third-order valence-corrected chi connectivity index (χ3v) is 4.71. The summed E-state index contributed by atoms with van der Waals surface area (Å²) in [5.74, 6) is 0.508. The minimum atomic E-state index is -0.506. The van der Waals surface area contributed by atoms with Crippen LogP contribution in [-0.2, 0) is 0 Å². The van der Waals surface area contributed by atoms with E-state index < -0.39 is 6.10 Å². The molecule has 1 aromatic carbocycles. The Morgan fingerprint density at radius 2 is 2.07 bits per heavy atom. The van der Waals surface area contributed by atoms with E-state index in [2.05, 4.69) is 0 Å². The summed E-state index contributed by atoms with van der Waals surface area (Å²) in [4.78, 5) is 0.863. The molecule has 1 aromatic rings. The van der Waals surface area contributed by atoms with E-state index in [9.17, 15) is 5.11 Å². The first-order chi connectivity index (χ1) is 7.06. The third-order valence-electron chi connectivity index (χ3n) is 2.44. The summed E-state index contributed by atoms with van der Waals surface area (Å²) in [6.07, 6.45) is -0.506. The monoisotopic (exact) mass is 264 g/mol. The zero-order valence-electron chi connectivity index (χ0n) is 8.25. The molecular formula is C10H10Cl2O2S. The van der Waals surface area contributed by atoms with Crippen molar-refractivity contribution in [2.75, 3.05) is 7.11 Å². The van der Waals surface area contributed by atoms with Crippen LogP contribution < -0.4 is 4.74 Å². The minimum absolute atomic E-state index is 0.0978. The van der Waals surface area contributed by atoms with E-state index in [0.29, 0.717) is 15.8 Å². The molecule has 2 nitrogen and oxygen atoms in total. The quantitative estimate of drug-likeness (QED) is 0.842. The van der Waals surface area contributed by atoms with Crippen LogP contribution in [0.1, 0.15) is 18.6 Å². The molecule has 2 unspecified atom stereocenters. The van der Waals surface area contributed by atoms with Crippen LogP contribution in [-0.4, -0.2) is 17.5 Å². The van der Waals surface area contributed by atoms with Gasteiger partial charge in [0.1, 0.15) is 10.8 Å². The molecule has 0 spiro atoms. The summed E-state index contributed by atoms with van der Waals surface area (Å²) in [5, 5.41) is 10.9. The summed E-state index contributed by atoms with van der Waals surface area (Å²) < 4.78 is 5.10. The maximum absolute atomic E-state index is 9.91. The first-order valence-electron chi connectivity index (χ1n) is 4.47. The van der Waals surface area contributed by atoms with Crippen molar-refractivity contribution in [3.05, 3.63) is 21.7 Å². The molecule has 0 saturated carbocycles. The van der Waals surface area contributed by atoms with Gasteiger partial charge in [-0.05, 0) is 6.07 Å². The highest BCUT2D eigenvalue weighted by molar-refractivity contribution is 8.00. The summed E-state index contributed by atoms with van der Waals surface area (Å²) >= 11 is 13.7. The molecule has 2 atom stereocenters. The second-order valence-corrected chi connectivity index (χ2v) is 5.54. The number of thioether (sulfide) groups is 1. The minimum Gasteiger partial charge on any atom is -0.495 e. The average Bonchev–Trinajstić information content (AvgIpc) is 2.50. The predicted molar refractivity (Wildman–Crippen MR) is 63.3 cm³/mol. The second-order valence-electron chi connectivity index (χ2n) is 3.39. The number of aliphatic hydroxyl groups is 1. The second kappa shape index (κ2) is 4.06.